The third-order valence-corrected chi connectivity index (χ3v) is 3.25. The van der Waals surface area contributed by atoms with E-state index in [0.29, 0.717) is 9.46 Å². The molecule has 6 nitrogen and oxygen atoms in total. The highest BCUT2D eigenvalue weighted by Crippen LogP contribution is 2.21. The lowest BCUT2D eigenvalue weighted by molar-refractivity contribution is -0.591. The van der Waals surface area contributed by atoms with Gasteiger partial charge in [0.1, 0.15) is 0 Å². The van der Waals surface area contributed by atoms with E-state index >= 15 is 0 Å². The van der Waals surface area contributed by atoms with Gasteiger partial charge in [0.2, 0.25) is 0 Å². The molecule has 9 heteroatoms. The number of amides is 1. The second kappa shape index (κ2) is 4.97. The maximum absolute atomic E-state index is 12.3. The van der Waals surface area contributed by atoms with Gasteiger partial charge in [0.05, 0.1) is 0 Å². The first-order valence-corrected chi connectivity index (χ1v) is 6.35. The van der Waals surface area contributed by atoms with Crippen LogP contribution in [0.15, 0.2) is 42.5 Å². The summed E-state index contributed by atoms with van der Waals surface area (Å²) < 4.78 is 37.7. The molecule has 0 atom stereocenters. The number of alkyl halides is 3. The smallest absolute Gasteiger partial charge is 0.471 e. The minimum Gasteiger partial charge on any atom is -0.617 e. The maximum atomic E-state index is 12.3. The molecule has 2 aromatic carbocycles. The van der Waals surface area contributed by atoms with E-state index in [9.17, 15) is 28.4 Å². The van der Waals surface area contributed by atoms with Crippen molar-refractivity contribution in [1.29, 1.82) is 0 Å². The molecule has 0 radical (unpaired) electrons. The minimum atomic E-state index is -5.05. The molecule has 1 amide bonds. The Balaban J connectivity index is 2.18. The number of hydrogen-bond donors (Lipinski definition) is 1. The van der Waals surface area contributed by atoms with Gasteiger partial charge < -0.3 is 15.7 Å². The van der Waals surface area contributed by atoms with Crippen LogP contribution in [0, 0.1) is 10.4 Å². The van der Waals surface area contributed by atoms with E-state index < -0.39 is 12.1 Å². The van der Waals surface area contributed by atoms with Crippen LogP contribution in [0.1, 0.15) is 0 Å². The molecule has 0 aliphatic rings. The number of carbonyl (C=O) groups is 1. The van der Waals surface area contributed by atoms with E-state index in [1.165, 1.54) is 18.2 Å². The summed E-state index contributed by atoms with van der Waals surface area (Å²) in [5.74, 6) is -2.16. The van der Waals surface area contributed by atoms with Gasteiger partial charge in [-0.25, -0.2) is 0 Å². The molecule has 118 valence electrons. The molecule has 0 aliphatic carbocycles. The molecule has 3 aromatic rings. The van der Waals surface area contributed by atoms with E-state index in [-0.39, 0.29) is 27.8 Å². The summed E-state index contributed by atoms with van der Waals surface area (Å²) in [7, 11) is 0. The van der Waals surface area contributed by atoms with Crippen LogP contribution in [0.4, 0.5) is 18.9 Å². The van der Waals surface area contributed by atoms with E-state index in [1.807, 2.05) is 0 Å². The number of nitrogens with zero attached hydrogens (tertiary/aromatic N) is 2. The number of aromatic nitrogens is 2. The standard InChI is InChI=1S/C14H8F3N3O3/c15-14(16,17)13(21)18-8-5-6-11-12(7-8)20(23)10-4-2-1-3-9(10)19(11)22/h1-7H,(H,18,21). The summed E-state index contributed by atoms with van der Waals surface area (Å²) in [5, 5.41) is 26.2. The van der Waals surface area contributed by atoms with Crippen LogP contribution in [0.2, 0.25) is 0 Å². The first kappa shape index (κ1) is 14.8. The summed E-state index contributed by atoms with van der Waals surface area (Å²) in [5.41, 5.74) is -0.224. The number of hydrogen-bond acceptors (Lipinski definition) is 3. The number of carbonyl (C=O) groups excluding carboxylic acids is 1. The Morgan fingerprint density at radius 2 is 1.43 bits per heavy atom. The molecule has 23 heavy (non-hydrogen) atoms. The monoisotopic (exact) mass is 323 g/mol. The van der Waals surface area contributed by atoms with Crippen LogP contribution in [0.25, 0.3) is 22.1 Å². The number of benzene rings is 2. The Labute approximate surface area is 126 Å². The van der Waals surface area contributed by atoms with Gasteiger partial charge in [-0.2, -0.15) is 22.6 Å². The number of fused-ring (bicyclic) bond motifs is 2. The van der Waals surface area contributed by atoms with Crippen molar-refractivity contribution >= 4 is 33.7 Å². The normalized spacial score (nSPS) is 11.8. The maximum Gasteiger partial charge on any atom is 0.471 e. The predicted octanol–water partition coefficient (Wildman–Crippen LogP) is 1.76. The lowest BCUT2D eigenvalue weighted by Gasteiger charge is -2.10. The first-order chi connectivity index (χ1) is 10.8. The van der Waals surface area contributed by atoms with Crippen LogP contribution in [-0.4, -0.2) is 12.1 Å². The van der Waals surface area contributed by atoms with E-state index in [4.69, 9.17) is 0 Å². The third kappa shape index (κ3) is 2.45. The Hall–Kier alpha value is -3.10. The predicted molar refractivity (Wildman–Crippen MR) is 74.1 cm³/mol. The molecule has 0 unspecified atom stereocenters. The van der Waals surface area contributed by atoms with Gasteiger partial charge in [-0.15, -0.1) is 0 Å². The fourth-order valence-electron chi connectivity index (χ4n) is 2.20. The highest BCUT2D eigenvalue weighted by molar-refractivity contribution is 5.96. The highest BCUT2D eigenvalue weighted by atomic mass is 19.4. The van der Waals surface area contributed by atoms with Gasteiger partial charge in [0.25, 0.3) is 22.1 Å². The van der Waals surface area contributed by atoms with Crippen molar-refractivity contribution in [2.45, 2.75) is 6.18 Å². The minimum absolute atomic E-state index is 0.0243. The van der Waals surface area contributed by atoms with Crippen molar-refractivity contribution < 1.29 is 27.4 Å². The fraction of sp³-hybridized carbons (Fsp3) is 0.0714. The average Bonchev–Trinajstić information content (AvgIpc) is 2.51. The number of rotatable bonds is 1. The van der Waals surface area contributed by atoms with Crippen LogP contribution in [-0.2, 0) is 4.79 Å². The molecular weight excluding hydrogens is 315 g/mol. The van der Waals surface area contributed by atoms with Gasteiger partial charge in [-0.05, 0) is 6.07 Å². The quantitative estimate of drug-likeness (QED) is 0.421. The van der Waals surface area contributed by atoms with Crippen LogP contribution in [0.3, 0.4) is 0 Å². The van der Waals surface area contributed by atoms with Gasteiger partial charge in [0, 0.05) is 30.0 Å². The van der Waals surface area contributed by atoms with E-state index in [1.54, 1.807) is 17.4 Å². The molecule has 1 N–H and O–H groups in total. The highest BCUT2D eigenvalue weighted by Gasteiger charge is 2.38. The summed E-state index contributed by atoms with van der Waals surface area (Å²) >= 11 is 0. The zero-order chi connectivity index (χ0) is 16.8. The second-order valence-electron chi connectivity index (χ2n) is 4.73. The largest absolute Gasteiger partial charge is 0.617 e. The van der Waals surface area contributed by atoms with E-state index in [0.717, 1.165) is 12.1 Å². The molecular formula is C14H8F3N3O3. The number of anilines is 1. The van der Waals surface area contributed by atoms with Crippen LogP contribution in [0.5, 0.6) is 0 Å². The van der Waals surface area contributed by atoms with Crippen molar-refractivity contribution in [3.63, 3.8) is 0 Å². The topological polar surface area (TPSA) is 83.0 Å². The molecule has 0 saturated carbocycles. The lowest BCUT2D eigenvalue weighted by Crippen LogP contribution is -2.39. The SMILES string of the molecule is O=C(Nc1ccc2c(c1)[n+]([O-])c1ccccc1[n+]2[O-])C(F)(F)F. The van der Waals surface area contributed by atoms with Gasteiger partial charge in [-0.1, -0.05) is 12.1 Å². The lowest BCUT2D eigenvalue weighted by atomic mass is 10.2. The molecule has 1 heterocycles. The number of para-hydroxylation sites is 2. The van der Waals surface area contributed by atoms with Crippen molar-refractivity contribution in [3.8, 4) is 0 Å². The Kier molecular flexibility index (Phi) is 3.20. The van der Waals surface area contributed by atoms with Crippen molar-refractivity contribution in [2.24, 2.45) is 0 Å². The fourth-order valence-corrected chi connectivity index (χ4v) is 2.20. The van der Waals surface area contributed by atoms with Crippen molar-refractivity contribution in [3.05, 3.63) is 52.9 Å². The van der Waals surface area contributed by atoms with Gasteiger partial charge in [-0.3, -0.25) is 4.79 Å². The first-order valence-electron chi connectivity index (χ1n) is 6.35. The summed E-state index contributed by atoms with van der Waals surface area (Å²) in [6, 6.07) is 9.32. The summed E-state index contributed by atoms with van der Waals surface area (Å²) in [6.45, 7) is 0. The van der Waals surface area contributed by atoms with Crippen LogP contribution < -0.4 is 14.8 Å². The second-order valence-corrected chi connectivity index (χ2v) is 4.73. The average molecular weight is 323 g/mol. The molecule has 3 rings (SSSR count). The van der Waals surface area contributed by atoms with Gasteiger partial charge >= 0.3 is 12.1 Å². The molecule has 1 aromatic heterocycles. The number of halogens is 3. The Bertz CT molecular complexity index is 941. The van der Waals surface area contributed by atoms with E-state index in [2.05, 4.69) is 0 Å². The summed E-state index contributed by atoms with van der Waals surface area (Å²) in [4.78, 5) is 10.9. The van der Waals surface area contributed by atoms with Gasteiger partial charge in [0.15, 0.2) is 0 Å². The molecule has 0 spiro atoms. The van der Waals surface area contributed by atoms with Crippen LogP contribution >= 0.6 is 0 Å². The van der Waals surface area contributed by atoms with Crippen molar-refractivity contribution in [1.82, 2.24) is 0 Å². The molecule has 0 saturated heterocycles. The Morgan fingerprint density at radius 1 is 0.913 bits per heavy atom. The third-order valence-electron chi connectivity index (χ3n) is 3.25. The van der Waals surface area contributed by atoms with Crippen molar-refractivity contribution in [2.75, 3.05) is 5.32 Å². The number of nitrogens with one attached hydrogen (secondary N) is 1. The molecule has 0 bridgehead atoms. The molecule has 0 aliphatic heterocycles. The zero-order valence-electron chi connectivity index (χ0n) is 11.3. The zero-order valence-corrected chi connectivity index (χ0v) is 11.3. The Morgan fingerprint density at radius 3 is 2.00 bits per heavy atom. The molecule has 0 fully saturated rings. The summed E-state index contributed by atoms with van der Waals surface area (Å²) in [6.07, 6.45) is -5.05.